The lowest BCUT2D eigenvalue weighted by Crippen LogP contribution is -2.31. The third-order valence-corrected chi connectivity index (χ3v) is 3.94. The summed E-state index contributed by atoms with van der Waals surface area (Å²) in [6.45, 7) is 1.78. The maximum absolute atomic E-state index is 13.0. The number of rotatable bonds is 4. The Hall–Kier alpha value is -1.07. The summed E-state index contributed by atoms with van der Waals surface area (Å²) in [6, 6.07) is 5.65. The van der Waals surface area contributed by atoms with Crippen LogP contribution in [0, 0.1) is 0 Å². The van der Waals surface area contributed by atoms with Gasteiger partial charge in [-0.25, -0.2) is 0 Å². The van der Waals surface area contributed by atoms with Gasteiger partial charge in [0.2, 0.25) is 0 Å². The van der Waals surface area contributed by atoms with Crippen LogP contribution in [0.3, 0.4) is 0 Å². The molecule has 1 saturated carbocycles. The van der Waals surface area contributed by atoms with Crippen LogP contribution >= 0.6 is 0 Å². The monoisotopic (exact) mass is 287 g/mol. The molecule has 0 radical (unpaired) electrons. The molecule has 0 spiro atoms. The van der Waals surface area contributed by atoms with E-state index in [9.17, 15) is 13.2 Å². The van der Waals surface area contributed by atoms with Crippen molar-refractivity contribution in [2.24, 2.45) is 0 Å². The van der Waals surface area contributed by atoms with Crippen LogP contribution in [-0.2, 0) is 10.9 Å². The van der Waals surface area contributed by atoms with Gasteiger partial charge in [0.25, 0.3) is 0 Å². The minimum Gasteiger partial charge on any atom is -0.381 e. The minimum atomic E-state index is -4.31. The van der Waals surface area contributed by atoms with Gasteiger partial charge in [0.1, 0.15) is 0 Å². The molecule has 3 atom stereocenters. The molecule has 1 aliphatic carbocycles. The van der Waals surface area contributed by atoms with Crippen LogP contribution < -0.4 is 5.32 Å². The average Bonchev–Trinajstić information content (AvgIpc) is 2.85. The number of benzene rings is 1. The second-order valence-electron chi connectivity index (χ2n) is 5.34. The molecule has 0 aliphatic heterocycles. The molecule has 5 heteroatoms. The Morgan fingerprint density at radius 2 is 1.95 bits per heavy atom. The van der Waals surface area contributed by atoms with E-state index in [2.05, 4.69) is 5.32 Å². The summed E-state index contributed by atoms with van der Waals surface area (Å²) < 4.78 is 44.3. The van der Waals surface area contributed by atoms with E-state index < -0.39 is 11.7 Å². The van der Waals surface area contributed by atoms with E-state index in [-0.39, 0.29) is 18.2 Å². The molecule has 0 aromatic heterocycles. The number of hydrogen-bond donors (Lipinski definition) is 1. The summed E-state index contributed by atoms with van der Waals surface area (Å²) in [5.74, 6) is 0. The van der Waals surface area contributed by atoms with Crippen LogP contribution in [0.1, 0.15) is 43.4 Å². The number of ether oxygens (including phenoxy) is 1. The Morgan fingerprint density at radius 3 is 2.55 bits per heavy atom. The number of halogens is 3. The molecule has 3 unspecified atom stereocenters. The van der Waals surface area contributed by atoms with E-state index >= 15 is 0 Å². The number of methoxy groups -OCH3 is 1. The van der Waals surface area contributed by atoms with Crippen molar-refractivity contribution in [2.45, 2.75) is 50.6 Å². The Balaban J connectivity index is 2.08. The summed E-state index contributed by atoms with van der Waals surface area (Å²) in [5, 5.41) is 3.29. The van der Waals surface area contributed by atoms with E-state index in [4.69, 9.17) is 4.74 Å². The summed E-state index contributed by atoms with van der Waals surface area (Å²) in [6.07, 6.45) is -1.33. The van der Waals surface area contributed by atoms with Crippen LogP contribution in [0.4, 0.5) is 13.2 Å². The molecule has 0 saturated heterocycles. The predicted molar refractivity (Wildman–Crippen MR) is 71.4 cm³/mol. The van der Waals surface area contributed by atoms with E-state index in [1.165, 1.54) is 6.07 Å². The van der Waals surface area contributed by atoms with E-state index in [1.807, 2.05) is 0 Å². The first kappa shape index (κ1) is 15.3. The van der Waals surface area contributed by atoms with Gasteiger partial charge in [0, 0.05) is 19.2 Å². The van der Waals surface area contributed by atoms with Crippen LogP contribution in [0.25, 0.3) is 0 Å². The van der Waals surface area contributed by atoms with Gasteiger partial charge < -0.3 is 10.1 Å². The van der Waals surface area contributed by atoms with Crippen molar-refractivity contribution < 1.29 is 17.9 Å². The quantitative estimate of drug-likeness (QED) is 0.906. The van der Waals surface area contributed by atoms with Gasteiger partial charge in [-0.1, -0.05) is 18.2 Å². The maximum Gasteiger partial charge on any atom is 0.416 e. The highest BCUT2D eigenvalue weighted by atomic mass is 19.4. The zero-order valence-electron chi connectivity index (χ0n) is 11.7. The molecule has 1 aromatic carbocycles. The highest BCUT2D eigenvalue weighted by Gasteiger charge is 2.35. The fraction of sp³-hybridized carbons (Fsp3) is 0.600. The van der Waals surface area contributed by atoms with E-state index in [0.717, 1.165) is 25.3 Å². The number of hydrogen-bond acceptors (Lipinski definition) is 2. The first-order chi connectivity index (χ1) is 9.41. The standard InChI is InChI=1S/C15H20F3NO/c1-10(19-11-7-8-12(9-11)20-2)13-5-3-4-6-14(13)15(16,17)18/h3-6,10-12,19H,7-9H2,1-2H3. The van der Waals surface area contributed by atoms with Gasteiger partial charge in [-0.15, -0.1) is 0 Å². The SMILES string of the molecule is COC1CCC(NC(C)c2ccccc2C(F)(F)F)C1. The largest absolute Gasteiger partial charge is 0.416 e. The Kier molecular flexibility index (Phi) is 4.70. The third kappa shape index (κ3) is 3.52. The van der Waals surface area contributed by atoms with E-state index in [0.29, 0.717) is 5.56 Å². The summed E-state index contributed by atoms with van der Waals surface area (Å²) in [4.78, 5) is 0. The molecule has 2 rings (SSSR count). The van der Waals surface area contributed by atoms with Crippen LogP contribution in [-0.4, -0.2) is 19.3 Å². The molecule has 1 N–H and O–H groups in total. The molecular formula is C15H20F3NO. The highest BCUT2D eigenvalue weighted by molar-refractivity contribution is 5.32. The van der Waals surface area contributed by atoms with Crippen molar-refractivity contribution in [1.29, 1.82) is 0 Å². The molecule has 112 valence electrons. The van der Waals surface area contributed by atoms with Crippen molar-refractivity contribution >= 4 is 0 Å². The van der Waals surface area contributed by atoms with Crippen LogP contribution in [0.15, 0.2) is 24.3 Å². The molecule has 0 bridgehead atoms. The first-order valence-electron chi connectivity index (χ1n) is 6.86. The summed E-state index contributed by atoms with van der Waals surface area (Å²) in [5.41, 5.74) is -0.248. The second kappa shape index (κ2) is 6.14. The molecule has 20 heavy (non-hydrogen) atoms. The smallest absolute Gasteiger partial charge is 0.381 e. The van der Waals surface area contributed by atoms with Crippen molar-refractivity contribution in [3.05, 3.63) is 35.4 Å². The molecule has 0 amide bonds. The van der Waals surface area contributed by atoms with Crippen LogP contribution in [0.5, 0.6) is 0 Å². The average molecular weight is 287 g/mol. The van der Waals surface area contributed by atoms with Gasteiger partial charge in [-0.05, 0) is 37.8 Å². The molecular weight excluding hydrogens is 267 g/mol. The van der Waals surface area contributed by atoms with Gasteiger partial charge in [-0.2, -0.15) is 13.2 Å². The molecule has 2 nitrogen and oxygen atoms in total. The second-order valence-corrected chi connectivity index (χ2v) is 5.34. The lowest BCUT2D eigenvalue weighted by Gasteiger charge is -2.23. The van der Waals surface area contributed by atoms with Gasteiger partial charge in [0.15, 0.2) is 0 Å². The van der Waals surface area contributed by atoms with Crippen molar-refractivity contribution in [2.75, 3.05) is 7.11 Å². The lowest BCUT2D eigenvalue weighted by molar-refractivity contribution is -0.138. The molecule has 0 heterocycles. The van der Waals surface area contributed by atoms with E-state index in [1.54, 1.807) is 26.2 Å². The Bertz CT molecular complexity index is 447. The topological polar surface area (TPSA) is 21.3 Å². The molecule has 1 fully saturated rings. The highest BCUT2D eigenvalue weighted by Crippen LogP contribution is 2.35. The van der Waals surface area contributed by atoms with Gasteiger partial charge in [-0.3, -0.25) is 0 Å². The molecule has 1 aliphatic rings. The maximum atomic E-state index is 13.0. The number of alkyl halides is 3. The van der Waals surface area contributed by atoms with Gasteiger partial charge >= 0.3 is 6.18 Å². The Morgan fingerprint density at radius 1 is 1.25 bits per heavy atom. The molecule has 1 aromatic rings. The normalized spacial score (nSPS) is 24.9. The van der Waals surface area contributed by atoms with Crippen molar-refractivity contribution in [3.63, 3.8) is 0 Å². The number of nitrogens with one attached hydrogen (secondary N) is 1. The van der Waals surface area contributed by atoms with Gasteiger partial charge in [0.05, 0.1) is 11.7 Å². The zero-order valence-corrected chi connectivity index (χ0v) is 11.7. The zero-order chi connectivity index (χ0) is 14.8. The van der Waals surface area contributed by atoms with Crippen LogP contribution in [0.2, 0.25) is 0 Å². The first-order valence-corrected chi connectivity index (χ1v) is 6.86. The minimum absolute atomic E-state index is 0.219. The van der Waals surface area contributed by atoms with Crippen molar-refractivity contribution in [3.8, 4) is 0 Å². The Labute approximate surface area is 117 Å². The third-order valence-electron chi connectivity index (χ3n) is 3.94. The fourth-order valence-electron chi connectivity index (χ4n) is 2.88. The van der Waals surface area contributed by atoms with Crippen molar-refractivity contribution in [1.82, 2.24) is 5.32 Å². The predicted octanol–water partition coefficient (Wildman–Crippen LogP) is 3.92. The summed E-state index contributed by atoms with van der Waals surface area (Å²) >= 11 is 0. The fourth-order valence-corrected chi connectivity index (χ4v) is 2.88. The lowest BCUT2D eigenvalue weighted by atomic mass is 10.00. The summed E-state index contributed by atoms with van der Waals surface area (Å²) in [7, 11) is 1.68.